The third-order valence-corrected chi connectivity index (χ3v) is 8.06. The van der Waals surface area contributed by atoms with Gasteiger partial charge in [-0.3, -0.25) is 4.90 Å². The molecule has 0 unspecified atom stereocenters. The Bertz CT molecular complexity index is 1490. The summed E-state index contributed by atoms with van der Waals surface area (Å²) in [6.07, 6.45) is 2.74. The van der Waals surface area contributed by atoms with Crippen LogP contribution in [0.25, 0.3) is 10.9 Å². The van der Waals surface area contributed by atoms with E-state index in [9.17, 15) is 9.59 Å². The molecule has 41 heavy (non-hydrogen) atoms. The third-order valence-electron chi connectivity index (χ3n) is 8.06. The van der Waals surface area contributed by atoms with Gasteiger partial charge in [0.25, 0.3) is 0 Å². The van der Waals surface area contributed by atoms with E-state index >= 15 is 0 Å². The fourth-order valence-electron chi connectivity index (χ4n) is 5.56. The second kappa shape index (κ2) is 10.7. The van der Waals surface area contributed by atoms with E-state index in [4.69, 9.17) is 14.2 Å². The number of carbonyl (C=O) groups excluding carboxylic acids is 2. The van der Waals surface area contributed by atoms with Crippen LogP contribution in [0.2, 0.25) is 0 Å². The number of benzene rings is 2. The van der Waals surface area contributed by atoms with Gasteiger partial charge in [0.2, 0.25) is 0 Å². The lowest BCUT2D eigenvalue weighted by Gasteiger charge is -2.37. The Balaban J connectivity index is 1.42. The van der Waals surface area contributed by atoms with E-state index in [0.717, 1.165) is 23.1 Å². The van der Waals surface area contributed by atoms with Crippen molar-refractivity contribution in [1.82, 2.24) is 14.9 Å². The predicted octanol–water partition coefficient (Wildman–Crippen LogP) is 6.29. The molecule has 1 aromatic heterocycles. The fraction of sp³-hybridized carbons (Fsp3) is 0.484. The number of nitrogens with one attached hydrogen (secondary N) is 1. The quantitative estimate of drug-likeness (QED) is 0.388. The highest BCUT2D eigenvalue weighted by Crippen LogP contribution is 2.42. The van der Waals surface area contributed by atoms with Gasteiger partial charge in [-0.25, -0.2) is 19.6 Å². The number of amides is 2. The molecule has 0 aliphatic carbocycles. The van der Waals surface area contributed by atoms with Gasteiger partial charge in [-0.05, 0) is 69.9 Å². The van der Waals surface area contributed by atoms with Gasteiger partial charge in [0.05, 0.1) is 24.9 Å². The Morgan fingerprint density at radius 1 is 1.12 bits per heavy atom. The van der Waals surface area contributed by atoms with E-state index in [1.807, 2.05) is 32.9 Å². The van der Waals surface area contributed by atoms with Gasteiger partial charge < -0.3 is 24.4 Å². The van der Waals surface area contributed by atoms with Crippen LogP contribution in [0.1, 0.15) is 57.2 Å². The van der Waals surface area contributed by atoms with E-state index in [-0.39, 0.29) is 6.09 Å². The van der Waals surface area contributed by atoms with Gasteiger partial charge in [0.1, 0.15) is 29.1 Å². The Labute approximate surface area is 241 Å². The van der Waals surface area contributed by atoms with Crippen LogP contribution >= 0.6 is 0 Å². The molecule has 2 amide bonds. The molecule has 2 aliphatic rings. The summed E-state index contributed by atoms with van der Waals surface area (Å²) >= 11 is 0. The Kier molecular flexibility index (Phi) is 7.44. The molecule has 2 saturated heterocycles. The molecular weight excluding hydrogens is 522 g/mol. The number of anilines is 3. The first-order valence-corrected chi connectivity index (χ1v) is 14.1. The standard InChI is InChI=1S/C31H39N5O5/c1-8-21-9-10-23(20(3)19(21)2)34-27-22-15-25(26(39-7)16-24(22)32-18-33-27)36-17-31(41-29(36)38)11-13-35(14-12-31)28(37)40-30(4,5)6/h9-10,15-16,18H,8,11-14,17H2,1-7H3,(H,32,33,34). The van der Waals surface area contributed by atoms with Crippen LogP contribution in [0.15, 0.2) is 30.6 Å². The summed E-state index contributed by atoms with van der Waals surface area (Å²) in [4.78, 5) is 38.1. The predicted molar refractivity (Wildman–Crippen MR) is 158 cm³/mol. The van der Waals surface area contributed by atoms with Crippen molar-refractivity contribution in [2.24, 2.45) is 0 Å². The van der Waals surface area contributed by atoms with Crippen LogP contribution in [0, 0.1) is 13.8 Å². The highest BCUT2D eigenvalue weighted by molar-refractivity contribution is 6.00. The van der Waals surface area contributed by atoms with Crippen LogP contribution in [0.4, 0.5) is 26.8 Å². The van der Waals surface area contributed by atoms with Crippen LogP contribution in [-0.2, 0) is 15.9 Å². The lowest BCUT2D eigenvalue weighted by atomic mass is 9.91. The first-order valence-electron chi connectivity index (χ1n) is 14.1. The minimum absolute atomic E-state index is 0.348. The summed E-state index contributed by atoms with van der Waals surface area (Å²) in [7, 11) is 1.57. The number of carbonyl (C=O) groups is 2. The smallest absolute Gasteiger partial charge is 0.415 e. The molecule has 1 N–H and O–H groups in total. The van der Waals surface area contributed by atoms with Crippen LogP contribution in [-0.4, -0.2) is 65.0 Å². The van der Waals surface area contributed by atoms with Crippen molar-refractivity contribution in [3.8, 4) is 5.75 Å². The number of likely N-dealkylation sites (tertiary alicyclic amines) is 1. The molecule has 0 saturated carbocycles. The summed E-state index contributed by atoms with van der Waals surface area (Å²) in [5.41, 5.74) is 4.70. The first-order chi connectivity index (χ1) is 19.4. The zero-order chi connectivity index (χ0) is 29.5. The Morgan fingerprint density at radius 3 is 2.51 bits per heavy atom. The van der Waals surface area contributed by atoms with Crippen molar-refractivity contribution >= 4 is 40.3 Å². The lowest BCUT2D eigenvalue weighted by molar-refractivity contribution is -0.0167. The monoisotopic (exact) mass is 561 g/mol. The minimum atomic E-state index is -0.695. The molecule has 2 fully saturated rings. The number of nitrogens with zero attached hydrogens (tertiary/aromatic N) is 4. The topological polar surface area (TPSA) is 106 Å². The lowest BCUT2D eigenvalue weighted by Crippen LogP contribution is -2.49. The largest absolute Gasteiger partial charge is 0.494 e. The van der Waals surface area contributed by atoms with Gasteiger partial charge in [-0.1, -0.05) is 13.0 Å². The van der Waals surface area contributed by atoms with E-state index in [0.29, 0.717) is 55.2 Å². The Morgan fingerprint density at radius 2 is 1.85 bits per heavy atom. The SMILES string of the molecule is CCc1ccc(Nc2ncnc3cc(OC)c(N4CC5(CCN(C(=O)OC(C)(C)C)CC5)OC4=O)cc23)c(C)c1C. The number of hydrogen-bond donors (Lipinski definition) is 1. The van der Waals surface area contributed by atoms with Gasteiger partial charge in [-0.15, -0.1) is 0 Å². The van der Waals surface area contributed by atoms with Gasteiger partial charge in [0.15, 0.2) is 0 Å². The van der Waals surface area contributed by atoms with Gasteiger partial charge >= 0.3 is 12.2 Å². The molecular formula is C31H39N5O5. The number of piperidine rings is 1. The molecule has 5 rings (SSSR count). The third kappa shape index (κ3) is 5.60. The molecule has 1 spiro atoms. The normalized spacial score (nSPS) is 16.7. The number of methoxy groups -OCH3 is 1. The van der Waals surface area contributed by atoms with Gasteiger partial charge in [-0.2, -0.15) is 0 Å². The maximum absolute atomic E-state index is 13.3. The van der Waals surface area contributed by atoms with Crippen molar-refractivity contribution in [2.45, 2.75) is 72.0 Å². The van der Waals surface area contributed by atoms with Gasteiger partial charge in [0, 0.05) is 43.1 Å². The zero-order valence-electron chi connectivity index (χ0n) is 25.0. The molecule has 3 aromatic rings. The minimum Gasteiger partial charge on any atom is -0.494 e. The highest BCUT2D eigenvalue weighted by atomic mass is 16.6. The summed E-state index contributed by atoms with van der Waals surface area (Å²) < 4.78 is 17.2. The molecule has 0 atom stereocenters. The van der Waals surface area contributed by atoms with E-state index in [1.54, 1.807) is 16.9 Å². The molecule has 10 heteroatoms. The van der Waals surface area contributed by atoms with Crippen molar-refractivity contribution in [3.63, 3.8) is 0 Å². The summed E-state index contributed by atoms with van der Waals surface area (Å²) in [6, 6.07) is 7.91. The molecule has 3 heterocycles. The molecule has 2 aliphatic heterocycles. The molecule has 218 valence electrons. The van der Waals surface area contributed by atoms with E-state index < -0.39 is 17.3 Å². The molecule has 10 nitrogen and oxygen atoms in total. The number of fused-ring (bicyclic) bond motifs is 1. The molecule has 0 bridgehead atoms. The molecule has 0 radical (unpaired) electrons. The summed E-state index contributed by atoms with van der Waals surface area (Å²) in [6.45, 7) is 13.2. The summed E-state index contributed by atoms with van der Waals surface area (Å²) in [5, 5.41) is 4.24. The van der Waals surface area contributed by atoms with Crippen LogP contribution in [0.3, 0.4) is 0 Å². The number of aromatic nitrogens is 2. The second-order valence-electron chi connectivity index (χ2n) is 11.9. The molecule has 2 aromatic carbocycles. The maximum Gasteiger partial charge on any atom is 0.415 e. The first kappa shape index (κ1) is 28.4. The number of ether oxygens (including phenoxy) is 3. The second-order valence-corrected chi connectivity index (χ2v) is 11.9. The highest BCUT2D eigenvalue weighted by Gasteiger charge is 2.49. The van der Waals surface area contributed by atoms with Crippen molar-refractivity contribution in [3.05, 3.63) is 47.3 Å². The van der Waals surface area contributed by atoms with Crippen molar-refractivity contribution in [1.29, 1.82) is 0 Å². The Hall–Kier alpha value is -4.08. The average molecular weight is 562 g/mol. The van der Waals surface area contributed by atoms with Crippen LogP contribution < -0.4 is 15.0 Å². The zero-order valence-corrected chi connectivity index (χ0v) is 25.0. The number of hydrogen-bond acceptors (Lipinski definition) is 8. The fourth-order valence-corrected chi connectivity index (χ4v) is 5.56. The number of rotatable bonds is 5. The average Bonchev–Trinajstić information content (AvgIpc) is 3.25. The van der Waals surface area contributed by atoms with Crippen molar-refractivity contribution in [2.75, 3.05) is 37.0 Å². The van der Waals surface area contributed by atoms with Crippen molar-refractivity contribution < 1.29 is 23.8 Å². The summed E-state index contributed by atoms with van der Waals surface area (Å²) in [5.74, 6) is 1.15. The van der Waals surface area contributed by atoms with E-state index in [1.165, 1.54) is 17.5 Å². The maximum atomic E-state index is 13.3. The van der Waals surface area contributed by atoms with E-state index in [2.05, 4.69) is 48.2 Å². The van der Waals surface area contributed by atoms with Crippen LogP contribution in [0.5, 0.6) is 5.75 Å². The number of aryl methyl sites for hydroxylation is 1.